The molecule has 0 radical (unpaired) electrons. The first-order valence-electron chi connectivity index (χ1n) is 5.89. The van der Waals surface area contributed by atoms with Crippen LogP contribution in [0.2, 0.25) is 5.02 Å². The van der Waals surface area contributed by atoms with E-state index in [4.69, 9.17) is 16.3 Å². The van der Waals surface area contributed by atoms with Crippen molar-refractivity contribution in [2.75, 3.05) is 11.9 Å². The molecule has 3 nitrogen and oxygen atoms in total. The monoisotopic (exact) mass is 333 g/mol. The van der Waals surface area contributed by atoms with E-state index in [-0.39, 0.29) is 5.91 Å². The number of ether oxygens (including phenoxy) is 1. The Kier molecular flexibility index (Phi) is 7.13. The second kappa shape index (κ2) is 8.38. The molecule has 0 fully saturated rings. The second-order valence-corrected chi connectivity index (χ2v) is 5.13. The fourth-order valence-corrected chi connectivity index (χ4v) is 1.95. The van der Waals surface area contributed by atoms with Crippen LogP contribution < -0.4 is 10.1 Å². The van der Waals surface area contributed by atoms with Crippen molar-refractivity contribution >= 4 is 33.4 Å². The lowest BCUT2D eigenvalue weighted by Gasteiger charge is -2.14. The molecule has 1 N–H and O–H groups in total. The molecule has 0 aromatic heterocycles. The van der Waals surface area contributed by atoms with E-state index >= 15 is 0 Å². The van der Waals surface area contributed by atoms with Crippen LogP contribution in [-0.4, -0.2) is 23.9 Å². The van der Waals surface area contributed by atoms with Crippen molar-refractivity contribution < 1.29 is 9.53 Å². The fraction of sp³-hybridized carbons (Fsp3) is 0.462. The van der Waals surface area contributed by atoms with Gasteiger partial charge in [-0.05, 0) is 38.0 Å². The zero-order valence-electron chi connectivity index (χ0n) is 10.3. The largest absolute Gasteiger partial charge is 0.481 e. The van der Waals surface area contributed by atoms with E-state index in [0.717, 1.165) is 18.2 Å². The summed E-state index contributed by atoms with van der Waals surface area (Å²) in [5.74, 6) is 0.496. The Morgan fingerprint density at radius 2 is 2.28 bits per heavy atom. The number of benzene rings is 1. The second-order valence-electron chi connectivity index (χ2n) is 3.90. The first-order chi connectivity index (χ1) is 8.63. The number of amides is 1. The summed E-state index contributed by atoms with van der Waals surface area (Å²) in [4.78, 5) is 11.7. The third kappa shape index (κ3) is 5.74. The molecule has 0 heterocycles. The Labute approximate surface area is 121 Å². The maximum Gasteiger partial charge on any atom is 0.260 e. The summed E-state index contributed by atoms with van der Waals surface area (Å²) in [5, 5.41) is 4.38. The van der Waals surface area contributed by atoms with Crippen LogP contribution in [0.3, 0.4) is 0 Å². The van der Waals surface area contributed by atoms with Crippen molar-refractivity contribution in [2.45, 2.75) is 25.9 Å². The Hall–Kier alpha value is -0.740. The van der Waals surface area contributed by atoms with Crippen LogP contribution >= 0.6 is 27.5 Å². The molecule has 1 rings (SSSR count). The van der Waals surface area contributed by atoms with Gasteiger partial charge in [0.1, 0.15) is 5.75 Å². The molecular weight excluding hydrogens is 318 g/mol. The van der Waals surface area contributed by atoms with Crippen LogP contribution in [0.15, 0.2) is 24.3 Å². The normalized spacial score (nSPS) is 11.9. The molecule has 1 unspecified atom stereocenters. The predicted molar refractivity (Wildman–Crippen MR) is 77.6 cm³/mol. The maximum atomic E-state index is 11.7. The molecule has 1 aromatic rings. The molecule has 0 aliphatic carbocycles. The lowest BCUT2D eigenvalue weighted by Crippen LogP contribution is -2.36. The summed E-state index contributed by atoms with van der Waals surface area (Å²) in [6.45, 7) is 2.40. The molecule has 0 aliphatic rings. The highest BCUT2D eigenvalue weighted by Crippen LogP contribution is 2.18. The van der Waals surface area contributed by atoms with Gasteiger partial charge in [0.2, 0.25) is 0 Å². The quantitative estimate of drug-likeness (QED) is 0.613. The van der Waals surface area contributed by atoms with Crippen LogP contribution in [-0.2, 0) is 4.79 Å². The molecule has 0 saturated carbocycles. The van der Waals surface area contributed by atoms with Crippen molar-refractivity contribution in [3.05, 3.63) is 29.3 Å². The summed E-state index contributed by atoms with van der Waals surface area (Å²) in [5.41, 5.74) is 0. The molecule has 100 valence electrons. The van der Waals surface area contributed by atoms with Gasteiger partial charge in [0.25, 0.3) is 5.91 Å². The highest BCUT2D eigenvalue weighted by Gasteiger charge is 2.13. The van der Waals surface area contributed by atoms with E-state index in [0.29, 0.717) is 17.3 Å². The van der Waals surface area contributed by atoms with E-state index in [2.05, 4.69) is 21.2 Å². The van der Waals surface area contributed by atoms with Crippen LogP contribution in [0.1, 0.15) is 19.8 Å². The summed E-state index contributed by atoms with van der Waals surface area (Å²) >= 11 is 9.19. The van der Waals surface area contributed by atoms with E-state index in [1.54, 1.807) is 31.2 Å². The van der Waals surface area contributed by atoms with E-state index in [1.807, 2.05) is 0 Å². The number of halogens is 2. The minimum absolute atomic E-state index is 0.107. The molecule has 0 bridgehead atoms. The Morgan fingerprint density at radius 3 is 2.94 bits per heavy atom. The van der Waals surface area contributed by atoms with Gasteiger partial charge in [0, 0.05) is 16.9 Å². The first-order valence-corrected chi connectivity index (χ1v) is 7.39. The standard InChI is InChI=1S/C13H17BrClNO2/c1-10(13(17)16-8-3-2-7-14)18-12-6-4-5-11(15)9-12/h4-6,9-10H,2-3,7-8H2,1H3,(H,16,17). The van der Waals surface area contributed by atoms with Gasteiger partial charge in [0.15, 0.2) is 6.10 Å². The molecule has 0 spiro atoms. The van der Waals surface area contributed by atoms with Gasteiger partial charge >= 0.3 is 0 Å². The van der Waals surface area contributed by atoms with E-state index in [9.17, 15) is 4.79 Å². The molecule has 5 heteroatoms. The van der Waals surface area contributed by atoms with Crippen molar-refractivity contribution in [3.8, 4) is 5.75 Å². The molecule has 1 amide bonds. The highest BCUT2D eigenvalue weighted by molar-refractivity contribution is 9.09. The van der Waals surface area contributed by atoms with Gasteiger partial charge in [-0.1, -0.05) is 33.6 Å². The average molecular weight is 335 g/mol. The number of hydrogen-bond acceptors (Lipinski definition) is 2. The Balaban J connectivity index is 2.35. The summed E-state index contributed by atoms with van der Waals surface area (Å²) in [6.07, 6.45) is 1.48. The highest BCUT2D eigenvalue weighted by atomic mass is 79.9. The van der Waals surface area contributed by atoms with E-state index < -0.39 is 6.10 Å². The summed E-state index contributed by atoms with van der Waals surface area (Å²) in [7, 11) is 0. The van der Waals surface area contributed by atoms with Crippen molar-refractivity contribution in [1.29, 1.82) is 0 Å². The van der Waals surface area contributed by atoms with Gasteiger partial charge < -0.3 is 10.1 Å². The number of unbranched alkanes of at least 4 members (excludes halogenated alkanes) is 1. The Morgan fingerprint density at radius 1 is 1.50 bits per heavy atom. The molecule has 0 aliphatic heterocycles. The molecule has 1 atom stereocenters. The minimum Gasteiger partial charge on any atom is -0.481 e. The molecule has 18 heavy (non-hydrogen) atoms. The topological polar surface area (TPSA) is 38.3 Å². The fourth-order valence-electron chi connectivity index (χ4n) is 1.37. The van der Waals surface area contributed by atoms with Crippen molar-refractivity contribution in [1.82, 2.24) is 5.32 Å². The number of carbonyl (C=O) groups is 1. The van der Waals surface area contributed by atoms with Crippen LogP contribution in [0.25, 0.3) is 0 Å². The summed E-state index contributed by atoms with van der Waals surface area (Å²) < 4.78 is 5.51. The van der Waals surface area contributed by atoms with E-state index in [1.165, 1.54) is 0 Å². The molecule has 1 aromatic carbocycles. The summed E-state index contributed by atoms with van der Waals surface area (Å²) in [6, 6.07) is 7.02. The maximum absolute atomic E-state index is 11.7. The van der Waals surface area contributed by atoms with Gasteiger partial charge in [-0.2, -0.15) is 0 Å². The SMILES string of the molecule is CC(Oc1cccc(Cl)c1)C(=O)NCCCCBr. The zero-order chi connectivity index (χ0) is 13.4. The first kappa shape index (κ1) is 15.3. The minimum atomic E-state index is -0.521. The Bertz CT molecular complexity index is 387. The number of carbonyl (C=O) groups excluding carboxylic acids is 1. The number of alkyl halides is 1. The van der Waals surface area contributed by atoms with Gasteiger partial charge in [-0.25, -0.2) is 0 Å². The number of rotatable bonds is 7. The lowest BCUT2D eigenvalue weighted by molar-refractivity contribution is -0.127. The van der Waals surface area contributed by atoms with Gasteiger partial charge in [-0.3, -0.25) is 4.79 Å². The third-order valence-electron chi connectivity index (χ3n) is 2.34. The van der Waals surface area contributed by atoms with Gasteiger partial charge in [0.05, 0.1) is 0 Å². The average Bonchev–Trinajstić information content (AvgIpc) is 2.34. The molecule has 0 saturated heterocycles. The predicted octanol–water partition coefficient (Wildman–Crippen LogP) is 3.40. The van der Waals surface area contributed by atoms with Crippen LogP contribution in [0, 0.1) is 0 Å². The van der Waals surface area contributed by atoms with Crippen molar-refractivity contribution in [2.24, 2.45) is 0 Å². The number of nitrogens with one attached hydrogen (secondary N) is 1. The third-order valence-corrected chi connectivity index (χ3v) is 3.13. The van der Waals surface area contributed by atoms with Gasteiger partial charge in [-0.15, -0.1) is 0 Å². The van der Waals surface area contributed by atoms with Crippen LogP contribution in [0.5, 0.6) is 5.75 Å². The zero-order valence-corrected chi connectivity index (χ0v) is 12.6. The van der Waals surface area contributed by atoms with Crippen LogP contribution in [0.4, 0.5) is 0 Å². The lowest BCUT2D eigenvalue weighted by atomic mass is 10.3. The molecular formula is C13H17BrClNO2. The number of hydrogen-bond donors (Lipinski definition) is 1. The van der Waals surface area contributed by atoms with Crippen molar-refractivity contribution in [3.63, 3.8) is 0 Å². The smallest absolute Gasteiger partial charge is 0.260 e.